The highest BCUT2D eigenvalue weighted by molar-refractivity contribution is 5.83. The maximum atomic E-state index is 4.62. The molecule has 2 N–H and O–H groups in total. The predicted octanol–water partition coefficient (Wildman–Crippen LogP) is 3.63. The first-order chi connectivity index (χ1) is 12.3. The highest BCUT2D eigenvalue weighted by atomic mass is 15.3. The van der Waals surface area contributed by atoms with Gasteiger partial charge in [0, 0.05) is 36.7 Å². The number of rotatable bonds is 9. The van der Waals surface area contributed by atoms with E-state index in [1.807, 2.05) is 6.07 Å². The number of H-pyrrole nitrogens is 1. The van der Waals surface area contributed by atoms with Crippen molar-refractivity contribution in [2.24, 2.45) is 0 Å². The second kappa shape index (κ2) is 8.46. The van der Waals surface area contributed by atoms with Crippen LogP contribution in [-0.4, -0.2) is 39.8 Å². The van der Waals surface area contributed by atoms with Gasteiger partial charge in [0.15, 0.2) is 5.82 Å². The summed E-state index contributed by atoms with van der Waals surface area (Å²) in [5.74, 6) is 1.49. The Hall–Kier alpha value is -2.63. The van der Waals surface area contributed by atoms with E-state index in [1.165, 1.54) is 16.5 Å². The molecule has 3 rings (SSSR count). The fraction of sp³-hybridized carbons (Fsp3) is 0.421. The van der Waals surface area contributed by atoms with Crippen molar-refractivity contribution < 1.29 is 0 Å². The molecule has 0 atom stereocenters. The third-order valence-electron chi connectivity index (χ3n) is 4.21. The molecule has 2 aromatic heterocycles. The molecule has 0 saturated heterocycles. The molecule has 3 aromatic rings. The third kappa shape index (κ3) is 4.26. The van der Waals surface area contributed by atoms with Gasteiger partial charge in [0.2, 0.25) is 5.95 Å². The molecule has 1 aromatic carbocycles. The standard InChI is InChI=1S/C19H26N6/c1-3-11-25(12-4-2)18-14-22-24-19(23-18)20-10-9-15-13-21-17-8-6-5-7-16(15)17/h5-8,13-14,21H,3-4,9-12H2,1-2H3,(H,20,23,24). The van der Waals surface area contributed by atoms with Crippen LogP contribution in [0, 0.1) is 0 Å². The van der Waals surface area contributed by atoms with Crippen molar-refractivity contribution in [3.63, 3.8) is 0 Å². The van der Waals surface area contributed by atoms with Crippen molar-refractivity contribution in [3.8, 4) is 0 Å². The minimum atomic E-state index is 0.592. The van der Waals surface area contributed by atoms with E-state index >= 15 is 0 Å². The van der Waals surface area contributed by atoms with E-state index in [0.717, 1.165) is 44.7 Å². The predicted molar refractivity (Wildman–Crippen MR) is 103 cm³/mol. The van der Waals surface area contributed by atoms with Gasteiger partial charge >= 0.3 is 0 Å². The Bertz CT molecular complexity index is 791. The van der Waals surface area contributed by atoms with Gasteiger partial charge in [0.05, 0.1) is 6.20 Å². The zero-order valence-corrected chi connectivity index (χ0v) is 15.0. The molecule has 0 bridgehead atoms. The van der Waals surface area contributed by atoms with Gasteiger partial charge in [-0.3, -0.25) is 0 Å². The summed E-state index contributed by atoms with van der Waals surface area (Å²) in [7, 11) is 0. The number of anilines is 2. The molecule has 0 radical (unpaired) electrons. The van der Waals surface area contributed by atoms with Gasteiger partial charge in [-0.25, -0.2) is 0 Å². The molecule has 0 aliphatic rings. The van der Waals surface area contributed by atoms with Crippen molar-refractivity contribution in [1.82, 2.24) is 20.2 Å². The van der Waals surface area contributed by atoms with Crippen LogP contribution >= 0.6 is 0 Å². The highest BCUT2D eigenvalue weighted by Gasteiger charge is 2.09. The summed E-state index contributed by atoms with van der Waals surface area (Å²) < 4.78 is 0. The Morgan fingerprint density at radius 3 is 2.72 bits per heavy atom. The van der Waals surface area contributed by atoms with Gasteiger partial charge in [-0.05, 0) is 30.9 Å². The number of hydrogen-bond donors (Lipinski definition) is 2. The van der Waals surface area contributed by atoms with Gasteiger partial charge < -0.3 is 15.2 Å². The topological polar surface area (TPSA) is 69.7 Å². The molecule has 6 nitrogen and oxygen atoms in total. The van der Waals surface area contributed by atoms with Gasteiger partial charge in [0.1, 0.15) is 0 Å². The molecule has 0 spiro atoms. The minimum Gasteiger partial charge on any atom is -0.361 e. The summed E-state index contributed by atoms with van der Waals surface area (Å²) in [5, 5.41) is 12.8. The van der Waals surface area contributed by atoms with Gasteiger partial charge in [-0.15, -0.1) is 5.10 Å². The van der Waals surface area contributed by atoms with E-state index in [-0.39, 0.29) is 0 Å². The quantitative estimate of drug-likeness (QED) is 0.623. The van der Waals surface area contributed by atoms with E-state index in [2.05, 4.69) is 68.6 Å². The second-order valence-electron chi connectivity index (χ2n) is 6.16. The second-order valence-corrected chi connectivity index (χ2v) is 6.16. The summed E-state index contributed by atoms with van der Waals surface area (Å²) in [5.41, 5.74) is 2.47. The monoisotopic (exact) mass is 338 g/mol. The normalized spacial score (nSPS) is 11.0. The fourth-order valence-corrected chi connectivity index (χ4v) is 3.05. The third-order valence-corrected chi connectivity index (χ3v) is 4.21. The molecular formula is C19H26N6. The summed E-state index contributed by atoms with van der Waals surface area (Å²) in [6.07, 6.45) is 6.91. The molecule has 0 aliphatic carbocycles. The number of aromatic nitrogens is 4. The fourth-order valence-electron chi connectivity index (χ4n) is 3.05. The number of aromatic amines is 1. The Balaban J connectivity index is 1.62. The minimum absolute atomic E-state index is 0.592. The average Bonchev–Trinajstić information content (AvgIpc) is 3.05. The van der Waals surface area contributed by atoms with Gasteiger partial charge in [-0.1, -0.05) is 32.0 Å². The summed E-state index contributed by atoms with van der Waals surface area (Å²) in [6.45, 7) is 7.10. The molecule has 132 valence electrons. The first kappa shape index (κ1) is 17.2. The summed E-state index contributed by atoms with van der Waals surface area (Å²) in [4.78, 5) is 10.2. The maximum Gasteiger partial charge on any atom is 0.244 e. The van der Waals surface area contributed by atoms with Crippen LogP contribution in [-0.2, 0) is 6.42 Å². The SMILES string of the molecule is CCCN(CCC)c1cnnc(NCCc2c[nH]c3ccccc23)n1. The van der Waals surface area contributed by atoms with E-state index < -0.39 is 0 Å². The average molecular weight is 338 g/mol. The number of nitrogens with zero attached hydrogens (tertiary/aromatic N) is 4. The van der Waals surface area contributed by atoms with Crippen LogP contribution in [0.15, 0.2) is 36.7 Å². The van der Waals surface area contributed by atoms with Crippen molar-refractivity contribution in [3.05, 3.63) is 42.2 Å². The molecule has 0 unspecified atom stereocenters. The Kier molecular flexibility index (Phi) is 5.82. The molecule has 0 amide bonds. The lowest BCUT2D eigenvalue weighted by Gasteiger charge is -2.22. The van der Waals surface area contributed by atoms with E-state index in [9.17, 15) is 0 Å². The number of para-hydroxylation sites is 1. The number of hydrogen-bond acceptors (Lipinski definition) is 5. The molecule has 2 heterocycles. The van der Waals surface area contributed by atoms with E-state index in [0.29, 0.717) is 5.95 Å². The largest absolute Gasteiger partial charge is 0.361 e. The lowest BCUT2D eigenvalue weighted by Crippen LogP contribution is -2.26. The Labute approximate surface area is 148 Å². The van der Waals surface area contributed by atoms with E-state index in [1.54, 1.807) is 6.20 Å². The molecule has 0 aliphatic heterocycles. The zero-order chi connectivity index (χ0) is 17.5. The number of benzene rings is 1. The summed E-state index contributed by atoms with van der Waals surface area (Å²) in [6, 6.07) is 8.36. The Morgan fingerprint density at radius 1 is 1.12 bits per heavy atom. The first-order valence-electron chi connectivity index (χ1n) is 9.05. The van der Waals surface area contributed by atoms with Crippen LogP contribution < -0.4 is 10.2 Å². The van der Waals surface area contributed by atoms with Gasteiger partial charge in [0.25, 0.3) is 0 Å². The van der Waals surface area contributed by atoms with Crippen LogP contribution in [0.25, 0.3) is 10.9 Å². The van der Waals surface area contributed by atoms with Crippen LogP contribution in [0.5, 0.6) is 0 Å². The van der Waals surface area contributed by atoms with Gasteiger partial charge in [-0.2, -0.15) is 10.1 Å². The first-order valence-corrected chi connectivity index (χ1v) is 9.05. The molecule has 6 heteroatoms. The molecular weight excluding hydrogens is 312 g/mol. The lowest BCUT2D eigenvalue weighted by atomic mass is 10.1. The number of fused-ring (bicyclic) bond motifs is 1. The van der Waals surface area contributed by atoms with E-state index in [4.69, 9.17) is 0 Å². The van der Waals surface area contributed by atoms with Crippen LogP contribution in [0.2, 0.25) is 0 Å². The zero-order valence-electron chi connectivity index (χ0n) is 15.0. The van der Waals surface area contributed by atoms with Crippen LogP contribution in [0.4, 0.5) is 11.8 Å². The van der Waals surface area contributed by atoms with Crippen LogP contribution in [0.3, 0.4) is 0 Å². The highest BCUT2D eigenvalue weighted by Crippen LogP contribution is 2.18. The van der Waals surface area contributed by atoms with Crippen molar-refractivity contribution in [2.75, 3.05) is 29.9 Å². The number of nitrogens with one attached hydrogen (secondary N) is 2. The van der Waals surface area contributed by atoms with Crippen molar-refractivity contribution >= 4 is 22.7 Å². The smallest absolute Gasteiger partial charge is 0.244 e. The Morgan fingerprint density at radius 2 is 1.92 bits per heavy atom. The summed E-state index contributed by atoms with van der Waals surface area (Å²) >= 11 is 0. The molecule has 0 fully saturated rings. The lowest BCUT2D eigenvalue weighted by molar-refractivity contribution is 0.727. The van der Waals surface area contributed by atoms with Crippen LogP contribution in [0.1, 0.15) is 32.3 Å². The molecule has 25 heavy (non-hydrogen) atoms. The maximum absolute atomic E-state index is 4.62. The van der Waals surface area contributed by atoms with Crippen molar-refractivity contribution in [2.45, 2.75) is 33.1 Å². The van der Waals surface area contributed by atoms with Crippen molar-refractivity contribution in [1.29, 1.82) is 0 Å². The molecule has 0 saturated carbocycles.